The summed E-state index contributed by atoms with van der Waals surface area (Å²) >= 11 is 0. The van der Waals surface area contributed by atoms with Gasteiger partial charge in [-0.25, -0.2) is 4.68 Å². The molecule has 0 spiro atoms. The van der Waals surface area contributed by atoms with Crippen molar-refractivity contribution in [3.8, 4) is 5.75 Å². The molecule has 1 fully saturated rings. The Balaban J connectivity index is 1.29. The van der Waals surface area contributed by atoms with E-state index in [0.717, 1.165) is 36.3 Å². The van der Waals surface area contributed by atoms with Gasteiger partial charge in [0.05, 0.1) is 25.9 Å². The number of aromatic nitrogens is 3. The molecule has 1 atom stereocenters. The molecule has 1 aliphatic heterocycles. The highest BCUT2D eigenvalue weighted by Gasteiger charge is 2.29. The van der Waals surface area contributed by atoms with Crippen molar-refractivity contribution in [2.24, 2.45) is 0 Å². The number of amides is 2. The molecule has 33 heavy (non-hydrogen) atoms. The minimum Gasteiger partial charge on any atom is -0.497 e. The number of aryl methyl sites for hydroxylation is 1. The summed E-state index contributed by atoms with van der Waals surface area (Å²) in [6.07, 6.45) is 4.66. The van der Waals surface area contributed by atoms with Gasteiger partial charge in [-0.3, -0.25) is 9.59 Å². The van der Waals surface area contributed by atoms with E-state index in [4.69, 9.17) is 4.74 Å². The molecule has 2 heterocycles. The minimum absolute atomic E-state index is 0.0599. The average Bonchev–Trinajstić information content (AvgIpc) is 3.52. The SMILES string of the molecule is COc1cccc(CCC(=O)N2CCCC2Cn2cc(C(=O)NCc3ccccc3)nn2)c1. The minimum atomic E-state index is -0.261. The predicted molar refractivity (Wildman–Crippen MR) is 124 cm³/mol. The molecule has 2 aromatic carbocycles. The van der Waals surface area contributed by atoms with E-state index in [1.54, 1.807) is 18.0 Å². The Morgan fingerprint density at radius 2 is 1.94 bits per heavy atom. The van der Waals surface area contributed by atoms with Crippen molar-refractivity contribution in [1.29, 1.82) is 0 Å². The van der Waals surface area contributed by atoms with Crippen LogP contribution in [0.15, 0.2) is 60.8 Å². The summed E-state index contributed by atoms with van der Waals surface area (Å²) in [5, 5.41) is 11.0. The average molecular weight is 448 g/mol. The number of nitrogens with zero attached hydrogens (tertiary/aromatic N) is 4. The Kier molecular flexibility index (Phi) is 7.34. The number of methoxy groups -OCH3 is 1. The maximum absolute atomic E-state index is 12.9. The van der Waals surface area contributed by atoms with Gasteiger partial charge >= 0.3 is 0 Å². The van der Waals surface area contributed by atoms with Gasteiger partial charge in [0, 0.05) is 19.5 Å². The molecule has 8 nitrogen and oxygen atoms in total. The van der Waals surface area contributed by atoms with Crippen molar-refractivity contribution in [3.63, 3.8) is 0 Å². The summed E-state index contributed by atoms with van der Waals surface area (Å²) in [5.41, 5.74) is 2.38. The zero-order valence-corrected chi connectivity index (χ0v) is 18.8. The molecule has 1 saturated heterocycles. The molecule has 2 amide bonds. The number of likely N-dealkylation sites (tertiary alicyclic amines) is 1. The maximum Gasteiger partial charge on any atom is 0.273 e. The monoisotopic (exact) mass is 447 g/mol. The Bertz CT molecular complexity index is 1080. The first-order valence-corrected chi connectivity index (χ1v) is 11.3. The topological polar surface area (TPSA) is 89.4 Å². The summed E-state index contributed by atoms with van der Waals surface area (Å²) in [6, 6.07) is 17.6. The number of hydrogen-bond acceptors (Lipinski definition) is 5. The lowest BCUT2D eigenvalue weighted by Gasteiger charge is -2.24. The number of carbonyl (C=O) groups is 2. The van der Waals surface area contributed by atoms with Gasteiger partial charge in [-0.15, -0.1) is 5.10 Å². The molecule has 172 valence electrons. The Morgan fingerprint density at radius 3 is 2.76 bits per heavy atom. The number of benzene rings is 2. The highest BCUT2D eigenvalue weighted by molar-refractivity contribution is 5.91. The maximum atomic E-state index is 12.9. The van der Waals surface area contributed by atoms with Crippen LogP contribution in [0.3, 0.4) is 0 Å². The fraction of sp³-hybridized carbons (Fsp3) is 0.360. The van der Waals surface area contributed by atoms with Gasteiger partial charge in [-0.05, 0) is 42.5 Å². The first kappa shape index (κ1) is 22.5. The van der Waals surface area contributed by atoms with Crippen molar-refractivity contribution in [3.05, 3.63) is 77.6 Å². The van der Waals surface area contributed by atoms with Crippen LogP contribution in [0, 0.1) is 0 Å². The standard InChI is InChI=1S/C25H29N5O3/c1-33-22-11-5-9-19(15-22)12-13-24(31)30-14-6-10-21(30)17-29-18-23(27-28-29)25(32)26-16-20-7-3-2-4-8-20/h2-5,7-9,11,15,18,21H,6,10,12-14,16-17H2,1H3,(H,26,32). The summed E-state index contributed by atoms with van der Waals surface area (Å²) in [7, 11) is 1.64. The quantitative estimate of drug-likeness (QED) is 0.545. The van der Waals surface area contributed by atoms with Crippen LogP contribution in [0.4, 0.5) is 0 Å². The zero-order chi connectivity index (χ0) is 23.0. The molecular formula is C25H29N5O3. The third-order valence-electron chi connectivity index (χ3n) is 5.92. The summed E-state index contributed by atoms with van der Waals surface area (Å²) in [6.45, 7) is 1.72. The highest BCUT2D eigenvalue weighted by atomic mass is 16.5. The molecule has 4 rings (SSSR count). The van der Waals surface area contributed by atoms with Gasteiger partial charge in [0.2, 0.25) is 5.91 Å². The third kappa shape index (κ3) is 5.97. The predicted octanol–water partition coefficient (Wildman–Crippen LogP) is 2.84. The molecule has 0 aliphatic carbocycles. The lowest BCUT2D eigenvalue weighted by atomic mass is 10.1. The normalized spacial score (nSPS) is 15.4. The third-order valence-corrected chi connectivity index (χ3v) is 5.92. The van der Waals surface area contributed by atoms with E-state index in [9.17, 15) is 9.59 Å². The molecular weight excluding hydrogens is 418 g/mol. The van der Waals surface area contributed by atoms with Gasteiger partial charge in [0.1, 0.15) is 5.75 Å². The number of nitrogens with one attached hydrogen (secondary N) is 1. The van der Waals surface area contributed by atoms with Crippen molar-refractivity contribution < 1.29 is 14.3 Å². The zero-order valence-electron chi connectivity index (χ0n) is 18.8. The van der Waals surface area contributed by atoms with E-state index < -0.39 is 0 Å². The molecule has 3 aromatic rings. The largest absolute Gasteiger partial charge is 0.497 e. The van der Waals surface area contributed by atoms with Crippen molar-refractivity contribution in [2.75, 3.05) is 13.7 Å². The van der Waals surface area contributed by atoms with E-state index in [1.165, 1.54) is 0 Å². The van der Waals surface area contributed by atoms with Gasteiger partial charge in [0.15, 0.2) is 5.69 Å². The Morgan fingerprint density at radius 1 is 1.12 bits per heavy atom. The molecule has 1 N–H and O–H groups in total. The molecule has 1 aromatic heterocycles. The fourth-order valence-corrected chi connectivity index (χ4v) is 4.15. The molecule has 1 aliphatic rings. The van der Waals surface area contributed by atoms with Crippen LogP contribution in [-0.4, -0.2) is 51.4 Å². The van der Waals surface area contributed by atoms with Gasteiger partial charge in [-0.2, -0.15) is 0 Å². The van der Waals surface area contributed by atoms with E-state index in [-0.39, 0.29) is 23.6 Å². The van der Waals surface area contributed by atoms with Gasteiger partial charge < -0.3 is 15.0 Å². The molecule has 8 heteroatoms. The van der Waals surface area contributed by atoms with Crippen molar-refractivity contribution in [1.82, 2.24) is 25.2 Å². The lowest BCUT2D eigenvalue weighted by Crippen LogP contribution is -2.38. The number of carbonyl (C=O) groups excluding carboxylic acids is 2. The first-order valence-electron chi connectivity index (χ1n) is 11.3. The first-order chi connectivity index (χ1) is 16.1. The van der Waals surface area contributed by atoms with E-state index in [1.807, 2.05) is 59.5 Å². The second-order valence-corrected chi connectivity index (χ2v) is 8.23. The van der Waals surface area contributed by atoms with Crippen molar-refractivity contribution in [2.45, 2.75) is 44.8 Å². The highest BCUT2D eigenvalue weighted by Crippen LogP contribution is 2.21. The molecule has 1 unspecified atom stereocenters. The lowest BCUT2D eigenvalue weighted by molar-refractivity contribution is -0.132. The smallest absolute Gasteiger partial charge is 0.273 e. The van der Waals surface area contributed by atoms with E-state index in [2.05, 4.69) is 15.6 Å². The van der Waals surface area contributed by atoms with Crippen LogP contribution in [0.25, 0.3) is 0 Å². The van der Waals surface area contributed by atoms with Crippen LogP contribution in [0.2, 0.25) is 0 Å². The molecule has 0 bridgehead atoms. The van der Waals surface area contributed by atoms with Crippen LogP contribution >= 0.6 is 0 Å². The van der Waals surface area contributed by atoms with Crippen LogP contribution in [0.1, 0.15) is 40.9 Å². The Labute approximate surface area is 193 Å². The van der Waals surface area contributed by atoms with Gasteiger partial charge in [-0.1, -0.05) is 47.7 Å². The molecule has 0 radical (unpaired) electrons. The fourth-order valence-electron chi connectivity index (χ4n) is 4.15. The number of hydrogen-bond donors (Lipinski definition) is 1. The van der Waals surface area contributed by atoms with Crippen molar-refractivity contribution >= 4 is 11.8 Å². The number of rotatable bonds is 9. The second-order valence-electron chi connectivity index (χ2n) is 8.23. The summed E-state index contributed by atoms with van der Waals surface area (Å²) in [5.74, 6) is 0.679. The van der Waals surface area contributed by atoms with Crippen LogP contribution in [-0.2, 0) is 24.3 Å². The van der Waals surface area contributed by atoms with Crippen LogP contribution < -0.4 is 10.1 Å². The summed E-state index contributed by atoms with van der Waals surface area (Å²) < 4.78 is 6.92. The van der Waals surface area contributed by atoms with E-state index >= 15 is 0 Å². The summed E-state index contributed by atoms with van der Waals surface area (Å²) in [4.78, 5) is 27.2. The van der Waals surface area contributed by atoms with Gasteiger partial charge in [0.25, 0.3) is 5.91 Å². The second kappa shape index (κ2) is 10.8. The Hall–Kier alpha value is -3.68. The number of ether oxygens (including phenoxy) is 1. The van der Waals surface area contributed by atoms with Crippen LogP contribution in [0.5, 0.6) is 5.75 Å². The molecule has 0 saturated carbocycles. The van der Waals surface area contributed by atoms with E-state index in [0.29, 0.717) is 25.9 Å².